The Morgan fingerprint density at radius 1 is 1.37 bits per heavy atom. The summed E-state index contributed by atoms with van der Waals surface area (Å²) in [7, 11) is 0. The third-order valence-corrected chi connectivity index (χ3v) is 3.06. The van der Waals surface area contributed by atoms with Gasteiger partial charge in [0.1, 0.15) is 5.82 Å². The molecule has 1 aromatic rings. The van der Waals surface area contributed by atoms with Crippen LogP contribution in [0.25, 0.3) is 0 Å². The number of hydrogen-bond donors (Lipinski definition) is 4. The Hall–Kier alpha value is -2.21. The van der Waals surface area contributed by atoms with E-state index in [2.05, 4.69) is 36.9 Å². The van der Waals surface area contributed by atoms with Gasteiger partial charge >= 0.3 is 5.97 Å². The number of aliphatic carboxylic acids is 1. The first-order valence-corrected chi connectivity index (χ1v) is 6.10. The quantitative estimate of drug-likeness (QED) is 0.643. The van der Waals surface area contributed by atoms with Gasteiger partial charge in [0, 0.05) is 0 Å². The van der Waals surface area contributed by atoms with Crippen LogP contribution in [0.15, 0.2) is 35.8 Å². The SMILES string of the molecule is CC(C)c1ccc(CN2NNC(C(=O)O)=C2N)cc1. The highest BCUT2D eigenvalue weighted by molar-refractivity contribution is 5.86. The number of benzene rings is 1. The predicted octanol–water partition coefficient (Wildman–Crippen LogP) is 0.847. The summed E-state index contributed by atoms with van der Waals surface area (Å²) < 4.78 is 0. The van der Waals surface area contributed by atoms with E-state index in [-0.39, 0.29) is 11.5 Å². The van der Waals surface area contributed by atoms with Crippen molar-refractivity contribution in [3.63, 3.8) is 0 Å². The van der Waals surface area contributed by atoms with E-state index in [4.69, 9.17) is 10.8 Å². The summed E-state index contributed by atoms with van der Waals surface area (Å²) in [6.07, 6.45) is 0. The van der Waals surface area contributed by atoms with Gasteiger partial charge in [0.25, 0.3) is 0 Å². The van der Waals surface area contributed by atoms with E-state index in [9.17, 15) is 4.79 Å². The van der Waals surface area contributed by atoms with E-state index < -0.39 is 5.97 Å². The van der Waals surface area contributed by atoms with E-state index >= 15 is 0 Å². The van der Waals surface area contributed by atoms with Gasteiger partial charge in [0.05, 0.1) is 6.54 Å². The van der Waals surface area contributed by atoms with Gasteiger partial charge in [-0.15, -0.1) is 5.53 Å². The lowest BCUT2D eigenvalue weighted by Gasteiger charge is -2.18. The molecular weight excluding hydrogens is 244 g/mol. The minimum atomic E-state index is -1.08. The lowest BCUT2D eigenvalue weighted by molar-refractivity contribution is -0.133. The molecule has 0 spiro atoms. The number of carbonyl (C=O) groups is 1. The normalized spacial score (nSPS) is 15.0. The molecule has 0 aromatic heterocycles. The summed E-state index contributed by atoms with van der Waals surface area (Å²) in [4.78, 5) is 10.9. The van der Waals surface area contributed by atoms with Gasteiger partial charge in [-0.2, -0.15) is 0 Å². The van der Waals surface area contributed by atoms with Crippen LogP contribution in [0.3, 0.4) is 0 Å². The zero-order chi connectivity index (χ0) is 14.0. The maximum Gasteiger partial charge on any atom is 0.357 e. The summed E-state index contributed by atoms with van der Waals surface area (Å²) in [6.45, 7) is 4.77. The average Bonchev–Trinajstić information content (AvgIpc) is 2.72. The Balaban J connectivity index is 2.08. The van der Waals surface area contributed by atoms with Crippen LogP contribution in [0, 0.1) is 0 Å². The van der Waals surface area contributed by atoms with Crippen LogP contribution >= 0.6 is 0 Å². The fourth-order valence-corrected chi connectivity index (χ4v) is 1.86. The molecule has 102 valence electrons. The standard InChI is InChI=1S/C13H18N4O2/c1-8(2)10-5-3-9(4-6-10)7-17-12(14)11(13(18)19)15-16-17/h3-6,8,15-16H,7,14H2,1-2H3,(H,18,19). The molecule has 6 nitrogen and oxygen atoms in total. The first-order valence-electron chi connectivity index (χ1n) is 6.10. The maximum absolute atomic E-state index is 10.9. The van der Waals surface area contributed by atoms with Gasteiger partial charge < -0.3 is 10.8 Å². The molecule has 2 rings (SSSR count). The minimum absolute atomic E-state index is 0.0289. The molecule has 0 radical (unpaired) electrons. The number of nitrogens with zero attached hydrogens (tertiary/aromatic N) is 1. The highest BCUT2D eigenvalue weighted by Gasteiger charge is 2.24. The third kappa shape index (κ3) is 2.79. The summed E-state index contributed by atoms with van der Waals surface area (Å²) in [5.41, 5.74) is 13.3. The molecule has 0 amide bonds. The van der Waals surface area contributed by atoms with Gasteiger partial charge in [-0.1, -0.05) is 38.1 Å². The second kappa shape index (κ2) is 5.19. The molecule has 0 saturated carbocycles. The molecule has 0 fully saturated rings. The minimum Gasteiger partial charge on any atom is -0.476 e. The molecule has 1 aromatic carbocycles. The molecule has 0 aliphatic carbocycles. The van der Waals surface area contributed by atoms with Gasteiger partial charge in [-0.05, 0) is 17.0 Å². The fourth-order valence-electron chi connectivity index (χ4n) is 1.86. The Labute approximate surface area is 111 Å². The summed E-state index contributed by atoms with van der Waals surface area (Å²) in [5.74, 6) is -0.410. The first kappa shape index (κ1) is 13.2. The van der Waals surface area contributed by atoms with Gasteiger partial charge in [-0.3, -0.25) is 10.4 Å². The van der Waals surface area contributed by atoms with Crippen molar-refractivity contribution in [3.05, 3.63) is 46.9 Å². The van der Waals surface area contributed by atoms with Crippen LogP contribution in [-0.2, 0) is 11.3 Å². The number of carboxylic acid groups (broad SMARTS) is 1. The Kier molecular flexibility index (Phi) is 3.62. The molecule has 1 aliphatic heterocycles. The molecule has 0 saturated heterocycles. The van der Waals surface area contributed by atoms with Crippen molar-refractivity contribution in [1.82, 2.24) is 16.0 Å². The van der Waals surface area contributed by atoms with Crippen molar-refractivity contribution < 1.29 is 9.90 Å². The molecule has 0 atom stereocenters. The molecular formula is C13H18N4O2. The number of nitrogens with one attached hydrogen (secondary N) is 2. The Morgan fingerprint density at radius 2 is 2.00 bits per heavy atom. The molecule has 1 heterocycles. The number of carboxylic acids is 1. The van der Waals surface area contributed by atoms with Crippen molar-refractivity contribution in [1.29, 1.82) is 0 Å². The highest BCUT2D eigenvalue weighted by atomic mass is 16.4. The highest BCUT2D eigenvalue weighted by Crippen LogP contribution is 2.17. The van der Waals surface area contributed by atoms with Crippen LogP contribution in [0.4, 0.5) is 0 Å². The number of nitrogens with two attached hydrogens (primary N) is 1. The predicted molar refractivity (Wildman–Crippen MR) is 71.2 cm³/mol. The van der Waals surface area contributed by atoms with E-state index in [0.717, 1.165) is 5.56 Å². The number of rotatable bonds is 4. The van der Waals surface area contributed by atoms with Gasteiger partial charge in [0.15, 0.2) is 5.70 Å². The molecule has 1 aliphatic rings. The van der Waals surface area contributed by atoms with Crippen molar-refractivity contribution in [3.8, 4) is 0 Å². The van der Waals surface area contributed by atoms with Crippen LogP contribution < -0.4 is 16.7 Å². The number of hydrazine groups is 2. The van der Waals surface area contributed by atoms with Crippen molar-refractivity contribution >= 4 is 5.97 Å². The zero-order valence-corrected chi connectivity index (χ0v) is 11.0. The van der Waals surface area contributed by atoms with Gasteiger partial charge in [0.2, 0.25) is 0 Å². The monoisotopic (exact) mass is 262 g/mol. The second-order valence-corrected chi connectivity index (χ2v) is 4.78. The summed E-state index contributed by atoms with van der Waals surface area (Å²) in [6, 6.07) is 8.18. The Bertz CT molecular complexity index is 508. The van der Waals surface area contributed by atoms with Crippen molar-refractivity contribution in [2.45, 2.75) is 26.3 Å². The van der Waals surface area contributed by atoms with Gasteiger partial charge in [-0.25, -0.2) is 4.79 Å². The van der Waals surface area contributed by atoms with Crippen LogP contribution in [0.1, 0.15) is 30.9 Å². The first-order chi connectivity index (χ1) is 8.99. The average molecular weight is 262 g/mol. The van der Waals surface area contributed by atoms with E-state index in [1.807, 2.05) is 12.1 Å². The van der Waals surface area contributed by atoms with Crippen LogP contribution in [0.2, 0.25) is 0 Å². The summed E-state index contributed by atoms with van der Waals surface area (Å²) in [5, 5.41) is 10.5. The molecule has 19 heavy (non-hydrogen) atoms. The van der Waals surface area contributed by atoms with E-state index in [1.54, 1.807) is 5.01 Å². The molecule has 6 heteroatoms. The van der Waals surface area contributed by atoms with E-state index in [1.165, 1.54) is 5.56 Å². The molecule has 5 N–H and O–H groups in total. The maximum atomic E-state index is 10.9. The molecule has 0 bridgehead atoms. The van der Waals surface area contributed by atoms with Crippen molar-refractivity contribution in [2.24, 2.45) is 5.73 Å². The van der Waals surface area contributed by atoms with Crippen LogP contribution in [-0.4, -0.2) is 16.1 Å². The fraction of sp³-hybridized carbons (Fsp3) is 0.308. The lowest BCUT2D eigenvalue weighted by atomic mass is 10.0. The third-order valence-electron chi connectivity index (χ3n) is 3.06. The van der Waals surface area contributed by atoms with Crippen LogP contribution in [0.5, 0.6) is 0 Å². The molecule has 0 unspecified atom stereocenters. The second-order valence-electron chi connectivity index (χ2n) is 4.78. The summed E-state index contributed by atoms with van der Waals surface area (Å²) >= 11 is 0. The number of hydrogen-bond acceptors (Lipinski definition) is 5. The topological polar surface area (TPSA) is 90.6 Å². The lowest BCUT2D eigenvalue weighted by Crippen LogP contribution is -2.39. The smallest absolute Gasteiger partial charge is 0.357 e. The Morgan fingerprint density at radius 3 is 2.47 bits per heavy atom. The largest absolute Gasteiger partial charge is 0.476 e. The van der Waals surface area contributed by atoms with Crippen molar-refractivity contribution in [2.75, 3.05) is 0 Å². The van der Waals surface area contributed by atoms with E-state index in [0.29, 0.717) is 12.5 Å². The zero-order valence-electron chi connectivity index (χ0n) is 11.0.